The molecule has 1 aromatic carbocycles. The fourth-order valence-corrected chi connectivity index (χ4v) is 2.69. The maximum atomic E-state index is 12.2. The quantitative estimate of drug-likeness (QED) is 0.806. The number of rotatable bonds is 6. The Morgan fingerprint density at radius 1 is 1.45 bits per heavy atom. The molecule has 1 heterocycles. The molecule has 1 aromatic heterocycles. The third kappa shape index (κ3) is 3.34. The van der Waals surface area contributed by atoms with Crippen LogP contribution in [-0.2, 0) is 11.3 Å². The lowest BCUT2D eigenvalue weighted by molar-refractivity contribution is -0.122. The van der Waals surface area contributed by atoms with Gasteiger partial charge in [0.1, 0.15) is 0 Å². The summed E-state index contributed by atoms with van der Waals surface area (Å²) >= 11 is 0. The second kappa shape index (κ2) is 7.18. The molecule has 0 saturated heterocycles. The average molecular weight is 297 g/mol. The molecule has 1 atom stereocenters. The zero-order chi connectivity index (χ0) is 16.1. The van der Waals surface area contributed by atoms with E-state index in [1.165, 1.54) is 0 Å². The zero-order valence-corrected chi connectivity index (χ0v) is 13.2. The van der Waals surface area contributed by atoms with Crippen LogP contribution in [0.15, 0.2) is 36.9 Å². The molecule has 0 bridgehead atoms. The van der Waals surface area contributed by atoms with E-state index in [2.05, 4.69) is 22.9 Å². The van der Waals surface area contributed by atoms with Gasteiger partial charge in [-0.25, -0.2) is 0 Å². The Morgan fingerprint density at radius 2 is 2.23 bits per heavy atom. The summed E-state index contributed by atoms with van der Waals surface area (Å²) in [5.74, 6) is -0.182. The fourth-order valence-electron chi connectivity index (χ4n) is 2.69. The number of aromatic nitrogens is 1. The number of pyridine rings is 1. The van der Waals surface area contributed by atoms with Crippen molar-refractivity contribution in [3.63, 3.8) is 0 Å². The fraction of sp³-hybridized carbons (Fsp3) is 0.333. The summed E-state index contributed by atoms with van der Waals surface area (Å²) in [4.78, 5) is 16.9. The predicted molar refractivity (Wildman–Crippen MR) is 90.6 cm³/mol. The largest absolute Gasteiger partial charge is 0.359 e. The van der Waals surface area contributed by atoms with Gasteiger partial charge in [0.05, 0.1) is 11.4 Å². The van der Waals surface area contributed by atoms with Gasteiger partial charge in [-0.1, -0.05) is 18.2 Å². The Balaban J connectivity index is 2.49. The van der Waals surface area contributed by atoms with Crippen molar-refractivity contribution in [3.05, 3.63) is 53.7 Å². The summed E-state index contributed by atoms with van der Waals surface area (Å²) < 4.78 is 0. The molecule has 0 fully saturated rings. The summed E-state index contributed by atoms with van der Waals surface area (Å²) in [5, 5.41) is 3.78. The molecule has 2 rings (SSSR count). The first-order chi connectivity index (χ1) is 10.6. The van der Waals surface area contributed by atoms with Crippen molar-refractivity contribution in [2.24, 2.45) is 5.73 Å². The Hall–Kier alpha value is -2.20. The molecular weight excluding hydrogens is 274 g/mol. The second-order valence-electron chi connectivity index (χ2n) is 5.43. The number of allylic oxidation sites excluding steroid dienone is 1. The van der Waals surface area contributed by atoms with Crippen molar-refractivity contribution in [2.75, 3.05) is 7.05 Å². The number of hydrogen-bond donors (Lipinski definition) is 2. The molecule has 0 saturated carbocycles. The first-order valence-corrected chi connectivity index (χ1v) is 7.53. The van der Waals surface area contributed by atoms with Crippen molar-refractivity contribution in [3.8, 4) is 0 Å². The summed E-state index contributed by atoms with van der Waals surface area (Å²) in [7, 11) is 1.67. The molecule has 0 aliphatic carbocycles. The van der Waals surface area contributed by atoms with Crippen LogP contribution < -0.4 is 11.1 Å². The Morgan fingerprint density at radius 3 is 2.86 bits per heavy atom. The third-order valence-electron chi connectivity index (χ3n) is 3.95. The van der Waals surface area contributed by atoms with Gasteiger partial charge in [-0.15, -0.1) is 6.58 Å². The van der Waals surface area contributed by atoms with Crippen LogP contribution in [0.1, 0.15) is 35.6 Å². The third-order valence-corrected chi connectivity index (χ3v) is 3.95. The molecule has 3 N–H and O–H groups in total. The van der Waals surface area contributed by atoms with Gasteiger partial charge in [0.2, 0.25) is 5.91 Å². The first-order valence-electron chi connectivity index (χ1n) is 7.53. The van der Waals surface area contributed by atoms with E-state index in [1.807, 2.05) is 31.2 Å². The maximum absolute atomic E-state index is 12.2. The minimum atomic E-state index is -0.200. The highest BCUT2D eigenvalue weighted by Gasteiger charge is 2.21. The molecule has 22 heavy (non-hydrogen) atoms. The van der Waals surface area contributed by atoms with E-state index in [-0.39, 0.29) is 11.8 Å². The molecule has 2 aromatic rings. The number of amides is 1. The topological polar surface area (TPSA) is 68.0 Å². The van der Waals surface area contributed by atoms with E-state index in [0.717, 1.165) is 40.6 Å². The van der Waals surface area contributed by atoms with Gasteiger partial charge in [0.25, 0.3) is 0 Å². The highest BCUT2D eigenvalue weighted by atomic mass is 16.1. The lowest BCUT2D eigenvalue weighted by Crippen LogP contribution is -2.26. The number of fused-ring (bicyclic) bond motifs is 1. The number of aryl methyl sites for hydroxylation is 1. The molecule has 0 aliphatic rings. The van der Waals surface area contributed by atoms with Crippen molar-refractivity contribution >= 4 is 16.8 Å². The van der Waals surface area contributed by atoms with Crippen molar-refractivity contribution < 1.29 is 4.79 Å². The maximum Gasteiger partial charge on any atom is 0.227 e. The summed E-state index contributed by atoms with van der Waals surface area (Å²) in [6.07, 6.45) is 3.37. The minimum Gasteiger partial charge on any atom is -0.359 e. The van der Waals surface area contributed by atoms with Crippen LogP contribution in [0.4, 0.5) is 0 Å². The lowest BCUT2D eigenvalue weighted by Gasteiger charge is -2.18. The Kier molecular flexibility index (Phi) is 5.28. The monoisotopic (exact) mass is 297 g/mol. The van der Waals surface area contributed by atoms with Gasteiger partial charge < -0.3 is 11.1 Å². The van der Waals surface area contributed by atoms with Crippen LogP contribution in [0.2, 0.25) is 0 Å². The standard InChI is InChI=1S/C18H23N3O/c1-4-5-6-15(18(22)20-3)16-10-14-8-7-13(11-19)9-17(14)21-12(16)2/h4,7-10,15H,1,5-6,11,19H2,2-3H3,(H,20,22). The summed E-state index contributed by atoms with van der Waals surface area (Å²) in [5.41, 5.74) is 9.53. The molecule has 1 unspecified atom stereocenters. The number of carbonyl (C=O) groups is 1. The van der Waals surface area contributed by atoms with Gasteiger partial charge in [-0.05, 0) is 43.0 Å². The van der Waals surface area contributed by atoms with E-state index < -0.39 is 0 Å². The van der Waals surface area contributed by atoms with E-state index in [4.69, 9.17) is 5.73 Å². The van der Waals surface area contributed by atoms with E-state index >= 15 is 0 Å². The Labute approximate surface area is 131 Å². The molecule has 0 aliphatic heterocycles. The van der Waals surface area contributed by atoms with E-state index in [1.54, 1.807) is 7.05 Å². The van der Waals surface area contributed by atoms with Gasteiger partial charge in [-0.3, -0.25) is 9.78 Å². The van der Waals surface area contributed by atoms with Crippen LogP contribution in [0.3, 0.4) is 0 Å². The van der Waals surface area contributed by atoms with Gasteiger partial charge in [0, 0.05) is 24.7 Å². The van der Waals surface area contributed by atoms with Crippen LogP contribution >= 0.6 is 0 Å². The number of likely N-dealkylation sites (N-methyl/N-ethyl adjacent to an activating group) is 1. The van der Waals surface area contributed by atoms with Crippen molar-refractivity contribution in [2.45, 2.75) is 32.2 Å². The number of nitrogens with two attached hydrogens (primary N) is 1. The normalized spacial score (nSPS) is 12.1. The number of benzene rings is 1. The van der Waals surface area contributed by atoms with Gasteiger partial charge >= 0.3 is 0 Å². The van der Waals surface area contributed by atoms with E-state index in [9.17, 15) is 4.79 Å². The van der Waals surface area contributed by atoms with Crippen LogP contribution in [0, 0.1) is 6.92 Å². The van der Waals surface area contributed by atoms with Crippen LogP contribution in [0.25, 0.3) is 10.9 Å². The van der Waals surface area contributed by atoms with Gasteiger partial charge in [-0.2, -0.15) is 0 Å². The molecule has 4 nitrogen and oxygen atoms in total. The molecule has 116 valence electrons. The van der Waals surface area contributed by atoms with Crippen LogP contribution in [0.5, 0.6) is 0 Å². The second-order valence-corrected chi connectivity index (χ2v) is 5.43. The number of hydrogen-bond acceptors (Lipinski definition) is 3. The highest BCUT2D eigenvalue weighted by Crippen LogP contribution is 2.27. The molecule has 0 spiro atoms. The molecule has 4 heteroatoms. The first kappa shape index (κ1) is 16.2. The lowest BCUT2D eigenvalue weighted by atomic mass is 9.91. The molecular formula is C18H23N3O. The van der Waals surface area contributed by atoms with Crippen molar-refractivity contribution in [1.29, 1.82) is 0 Å². The van der Waals surface area contributed by atoms with Gasteiger partial charge in [0.15, 0.2) is 0 Å². The SMILES string of the molecule is C=CCCC(C(=O)NC)c1cc2ccc(CN)cc2nc1C. The van der Waals surface area contributed by atoms with E-state index in [0.29, 0.717) is 6.54 Å². The smallest absolute Gasteiger partial charge is 0.227 e. The zero-order valence-electron chi connectivity index (χ0n) is 13.2. The Bertz CT molecular complexity index is 694. The average Bonchev–Trinajstić information content (AvgIpc) is 2.54. The predicted octanol–water partition coefficient (Wildman–Crippen LogP) is 2.80. The minimum absolute atomic E-state index is 0.0182. The molecule has 1 amide bonds. The van der Waals surface area contributed by atoms with Crippen molar-refractivity contribution in [1.82, 2.24) is 10.3 Å². The number of nitrogens with one attached hydrogen (secondary N) is 1. The summed E-state index contributed by atoms with van der Waals surface area (Å²) in [6.45, 7) is 6.19. The number of carbonyl (C=O) groups excluding carboxylic acids is 1. The van der Waals surface area contributed by atoms with Crippen LogP contribution in [-0.4, -0.2) is 17.9 Å². The number of nitrogens with zero attached hydrogens (tertiary/aromatic N) is 1. The summed E-state index contributed by atoms with van der Waals surface area (Å²) in [6, 6.07) is 8.09. The highest BCUT2D eigenvalue weighted by molar-refractivity contribution is 5.86. The molecule has 0 radical (unpaired) electrons.